The lowest BCUT2D eigenvalue weighted by Gasteiger charge is -2.05. The molecule has 0 aliphatic heterocycles. The Bertz CT molecular complexity index is 617. The van der Waals surface area contributed by atoms with Crippen molar-refractivity contribution in [1.29, 1.82) is 0 Å². The van der Waals surface area contributed by atoms with Gasteiger partial charge in [-0.05, 0) is 31.5 Å². The Hall–Kier alpha value is -1.61. The van der Waals surface area contributed by atoms with E-state index in [1.54, 1.807) is 0 Å². The highest BCUT2D eigenvalue weighted by Crippen LogP contribution is 2.18. The molecule has 0 fully saturated rings. The summed E-state index contributed by atoms with van der Waals surface area (Å²) in [5, 5.41) is 5.17. The van der Waals surface area contributed by atoms with Crippen LogP contribution in [0.4, 0.5) is 0 Å². The molecule has 0 unspecified atom stereocenters. The predicted molar refractivity (Wildman–Crippen MR) is 76.9 cm³/mol. The fraction of sp³-hybridized carbons (Fsp3) is 0.333. The van der Waals surface area contributed by atoms with Crippen LogP contribution in [0.15, 0.2) is 24.3 Å². The highest BCUT2D eigenvalue weighted by molar-refractivity contribution is 6.30. The standard InChI is InChI=1S/C15H17ClN2O/c1-4-14(19)15-10(2)17-18(11(15)3)9-12-6-5-7-13(16)8-12/h5-8H,4,9H2,1-3H3. The lowest BCUT2D eigenvalue weighted by Crippen LogP contribution is -2.05. The SMILES string of the molecule is CCC(=O)c1c(C)nn(Cc2cccc(Cl)c2)c1C. The number of carbonyl (C=O) groups excluding carboxylic acids is 1. The Kier molecular flexibility index (Phi) is 4.05. The third kappa shape index (κ3) is 2.87. The molecular weight excluding hydrogens is 260 g/mol. The molecule has 1 aromatic heterocycles. The largest absolute Gasteiger partial charge is 0.294 e. The van der Waals surface area contributed by atoms with Gasteiger partial charge >= 0.3 is 0 Å². The van der Waals surface area contributed by atoms with Crippen LogP contribution in [-0.4, -0.2) is 15.6 Å². The summed E-state index contributed by atoms with van der Waals surface area (Å²) < 4.78 is 1.86. The summed E-state index contributed by atoms with van der Waals surface area (Å²) in [5.74, 6) is 0.146. The lowest BCUT2D eigenvalue weighted by molar-refractivity contribution is 0.0987. The number of aromatic nitrogens is 2. The molecule has 1 heterocycles. The highest BCUT2D eigenvalue weighted by atomic mass is 35.5. The average molecular weight is 277 g/mol. The summed E-state index contributed by atoms with van der Waals surface area (Å²) >= 11 is 5.98. The maximum atomic E-state index is 11.9. The van der Waals surface area contributed by atoms with Gasteiger partial charge in [0.15, 0.2) is 5.78 Å². The minimum Gasteiger partial charge on any atom is -0.294 e. The van der Waals surface area contributed by atoms with Gasteiger partial charge < -0.3 is 0 Å². The zero-order chi connectivity index (χ0) is 14.0. The van der Waals surface area contributed by atoms with Crippen molar-refractivity contribution in [2.75, 3.05) is 0 Å². The topological polar surface area (TPSA) is 34.9 Å². The van der Waals surface area contributed by atoms with Gasteiger partial charge in [0, 0.05) is 17.1 Å². The van der Waals surface area contributed by atoms with Gasteiger partial charge in [0.05, 0.1) is 17.8 Å². The molecule has 0 saturated heterocycles. The van der Waals surface area contributed by atoms with Crippen LogP contribution in [0.25, 0.3) is 0 Å². The Morgan fingerprint density at radius 3 is 2.74 bits per heavy atom. The Morgan fingerprint density at radius 1 is 1.37 bits per heavy atom. The van der Waals surface area contributed by atoms with Crippen molar-refractivity contribution >= 4 is 17.4 Å². The number of rotatable bonds is 4. The number of carbonyl (C=O) groups is 1. The molecular formula is C15H17ClN2O. The molecule has 0 bridgehead atoms. The molecule has 0 amide bonds. The zero-order valence-corrected chi connectivity index (χ0v) is 12.2. The smallest absolute Gasteiger partial charge is 0.166 e. The molecule has 100 valence electrons. The van der Waals surface area contributed by atoms with Gasteiger partial charge in [-0.25, -0.2) is 0 Å². The monoisotopic (exact) mass is 276 g/mol. The predicted octanol–water partition coefficient (Wildman–Crippen LogP) is 3.79. The first-order chi connectivity index (χ1) is 9.02. The fourth-order valence-electron chi connectivity index (χ4n) is 2.24. The summed E-state index contributed by atoms with van der Waals surface area (Å²) in [6.07, 6.45) is 0.505. The van der Waals surface area contributed by atoms with Crippen LogP contribution in [0.3, 0.4) is 0 Å². The second kappa shape index (κ2) is 5.57. The number of aryl methyl sites for hydroxylation is 1. The summed E-state index contributed by atoms with van der Waals surface area (Å²) in [7, 11) is 0. The van der Waals surface area contributed by atoms with Crippen molar-refractivity contribution in [3.8, 4) is 0 Å². The number of hydrogen-bond donors (Lipinski definition) is 0. The van der Waals surface area contributed by atoms with Gasteiger partial charge in [0.2, 0.25) is 0 Å². The zero-order valence-electron chi connectivity index (χ0n) is 11.4. The van der Waals surface area contributed by atoms with Gasteiger partial charge in [0.25, 0.3) is 0 Å². The summed E-state index contributed by atoms with van der Waals surface area (Å²) in [6, 6.07) is 7.68. The molecule has 0 radical (unpaired) electrons. The second-order valence-electron chi connectivity index (χ2n) is 4.61. The minimum atomic E-state index is 0.146. The second-order valence-corrected chi connectivity index (χ2v) is 5.05. The molecule has 2 rings (SSSR count). The molecule has 0 atom stereocenters. The first kappa shape index (κ1) is 13.8. The fourth-order valence-corrected chi connectivity index (χ4v) is 2.45. The molecule has 4 heteroatoms. The Morgan fingerprint density at radius 2 is 2.11 bits per heavy atom. The van der Waals surface area contributed by atoms with Crippen LogP contribution >= 0.6 is 11.6 Å². The normalized spacial score (nSPS) is 10.7. The van der Waals surface area contributed by atoms with E-state index in [0.717, 1.165) is 22.5 Å². The maximum absolute atomic E-state index is 11.9. The van der Waals surface area contributed by atoms with E-state index in [1.807, 2.05) is 49.7 Å². The van der Waals surface area contributed by atoms with Crippen molar-refractivity contribution in [3.05, 3.63) is 51.8 Å². The van der Waals surface area contributed by atoms with Crippen molar-refractivity contribution in [2.45, 2.75) is 33.7 Å². The Labute approximate surface area is 118 Å². The minimum absolute atomic E-state index is 0.146. The number of nitrogens with zero attached hydrogens (tertiary/aromatic N) is 2. The van der Waals surface area contributed by atoms with Gasteiger partial charge in [-0.15, -0.1) is 0 Å². The van der Waals surface area contributed by atoms with Gasteiger partial charge in [0.1, 0.15) is 0 Å². The summed E-state index contributed by atoms with van der Waals surface area (Å²) in [5.41, 5.74) is 3.55. The molecule has 0 aliphatic rings. The van der Waals surface area contributed by atoms with Crippen molar-refractivity contribution in [2.24, 2.45) is 0 Å². The van der Waals surface area contributed by atoms with E-state index >= 15 is 0 Å². The van der Waals surface area contributed by atoms with E-state index in [2.05, 4.69) is 5.10 Å². The summed E-state index contributed by atoms with van der Waals surface area (Å²) in [6.45, 7) is 6.32. The first-order valence-electron chi connectivity index (χ1n) is 6.34. The lowest BCUT2D eigenvalue weighted by atomic mass is 10.1. The van der Waals surface area contributed by atoms with Crippen LogP contribution in [0.2, 0.25) is 5.02 Å². The van der Waals surface area contributed by atoms with E-state index in [4.69, 9.17) is 11.6 Å². The molecule has 0 spiro atoms. The van der Waals surface area contributed by atoms with E-state index in [0.29, 0.717) is 18.0 Å². The maximum Gasteiger partial charge on any atom is 0.166 e. The summed E-state index contributed by atoms with van der Waals surface area (Å²) in [4.78, 5) is 11.9. The molecule has 0 aliphatic carbocycles. The van der Waals surface area contributed by atoms with Crippen LogP contribution in [0.1, 0.15) is 40.7 Å². The highest BCUT2D eigenvalue weighted by Gasteiger charge is 2.17. The third-order valence-corrected chi connectivity index (χ3v) is 3.44. The van der Waals surface area contributed by atoms with Crippen LogP contribution in [0, 0.1) is 13.8 Å². The van der Waals surface area contributed by atoms with E-state index in [9.17, 15) is 4.79 Å². The molecule has 0 N–H and O–H groups in total. The number of halogens is 1. The third-order valence-electron chi connectivity index (χ3n) is 3.20. The molecule has 3 nitrogen and oxygen atoms in total. The van der Waals surface area contributed by atoms with E-state index in [-0.39, 0.29) is 5.78 Å². The molecule has 1 aromatic carbocycles. The van der Waals surface area contributed by atoms with Crippen molar-refractivity contribution in [3.63, 3.8) is 0 Å². The number of Topliss-reactive ketones (excluding diaryl/α,β-unsaturated/α-hetero) is 1. The van der Waals surface area contributed by atoms with Crippen molar-refractivity contribution in [1.82, 2.24) is 9.78 Å². The number of hydrogen-bond acceptors (Lipinski definition) is 2. The van der Waals surface area contributed by atoms with Crippen molar-refractivity contribution < 1.29 is 4.79 Å². The number of ketones is 1. The molecule has 2 aromatic rings. The van der Waals surface area contributed by atoms with Gasteiger partial charge in [-0.1, -0.05) is 30.7 Å². The molecule has 0 saturated carbocycles. The quantitative estimate of drug-likeness (QED) is 0.796. The first-order valence-corrected chi connectivity index (χ1v) is 6.72. The van der Waals surface area contributed by atoms with Crippen LogP contribution < -0.4 is 0 Å². The van der Waals surface area contributed by atoms with E-state index < -0.39 is 0 Å². The average Bonchev–Trinajstić information content (AvgIpc) is 2.64. The molecule has 19 heavy (non-hydrogen) atoms. The van der Waals surface area contributed by atoms with Gasteiger partial charge in [-0.2, -0.15) is 5.10 Å². The Balaban J connectivity index is 2.34. The number of benzene rings is 1. The van der Waals surface area contributed by atoms with Crippen LogP contribution in [-0.2, 0) is 6.54 Å². The van der Waals surface area contributed by atoms with E-state index in [1.165, 1.54) is 0 Å². The van der Waals surface area contributed by atoms with Gasteiger partial charge in [-0.3, -0.25) is 9.48 Å². The van der Waals surface area contributed by atoms with Crippen LogP contribution in [0.5, 0.6) is 0 Å².